The zero-order valence-corrected chi connectivity index (χ0v) is 21.0. The summed E-state index contributed by atoms with van der Waals surface area (Å²) in [6, 6.07) is 12.7. The number of amides is 2. The van der Waals surface area contributed by atoms with Crippen LogP contribution < -0.4 is 5.32 Å². The van der Waals surface area contributed by atoms with E-state index in [-0.39, 0.29) is 23.1 Å². The Morgan fingerprint density at radius 1 is 0.944 bits per heavy atom. The Morgan fingerprint density at radius 2 is 1.53 bits per heavy atom. The van der Waals surface area contributed by atoms with Crippen molar-refractivity contribution in [3.05, 3.63) is 53.6 Å². The van der Waals surface area contributed by atoms with Crippen LogP contribution in [0.2, 0.25) is 0 Å². The maximum Gasteiger partial charge on any atom is 0.326 e. The molecule has 4 fully saturated rings. The third kappa shape index (κ3) is 3.82. The maximum atomic E-state index is 13.4. The number of carbonyl (C=O) groups excluding carboxylic acids is 2. The van der Waals surface area contributed by atoms with E-state index in [0.717, 1.165) is 59.4 Å². The van der Waals surface area contributed by atoms with Crippen molar-refractivity contribution in [1.82, 2.24) is 4.90 Å². The standard InChI is InChI=1S/C30H34N2O4/c1-17(2)26(28(34)35)32-16-23-4-3-22(12-25(23)27(32)33)21-5-7-24(8-6-21)31-29(36)30-13-18-9-19(14-30)11-20(10-18)15-30/h3-8,12,17-20,26H,9-11,13-16H2,1-2H3,(H,31,36)(H,34,35)/t18?,19?,20?,26-,30?/m0/s1. The number of fused-ring (bicyclic) bond motifs is 1. The molecule has 188 valence electrons. The maximum absolute atomic E-state index is 13.4. The first-order chi connectivity index (χ1) is 17.2. The quantitative estimate of drug-likeness (QED) is 0.559. The largest absolute Gasteiger partial charge is 0.480 e. The summed E-state index contributed by atoms with van der Waals surface area (Å²) in [5, 5.41) is 12.9. The first-order valence-electron chi connectivity index (χ1n) is 13.3. The van der Waals surface area contributed by atoms with Gasteiger partial charge in [-0.1, -0.05) is 38.1 Å². The van der Waals surface area contributed by atoms with Crippen LogP contribution in [0.5, 0.6) is 0 Å². The van der Waals surface area contributed by atoms with E-state index < -0.39 is 12.0 Å². The van der Waals surface area contributed by atoms with E-state index in [4.69, 9.17) is 0 Å². The summed E-state index contributed by atoms with van der Waals surface area (Å²) in [5.74, 6) is 1.000. The minimum absolute atomic E-state index is 0.177. The van der Waals surface area contributed by atoms with Crippen LogP contribution in [0.4, 0.5) is 5.69 Å². The Labute approximate surface area is 212 Å². The van der Waals surface area contributed by atoms with Crippen molar-refractivity contribution in [3.8, 4) is 11.1 Å². The van der Waals surface area contributed by atoms with E-state index in [2.05, 4.69) is 5.32 Å². The average Bonchev–Trinajstić information content (AvgIpc) is 3.13. The number of benzene rings is 2. The Hall–Kier alpha value is -3.15. The van der Waals surface area contributed by atoms with Crippen LogP contribution >= 0.6 is 0 Å². The minimum Gasteiger partial charge on any atom is -0.480 e. The van der Waals surface area contributed by atoms with Crippen LogP contribution in [0, 0.1) is 29.1 Å². The molecule has 4 bridgehead atoms. The van der Waals surface area contributed by atoms with Gasteiger partial charge in [-0.15, -0.1) is 0 Å². The molecule has 4 aliphatic carbocycles. The molecule has 2 amide bonds. The fourth-order valence-corrected chi connectivity index (χ4v) is 7.90. The number of rotatable bonds is 6. The normalized spacial score (nSPS) is 28.9. The van der Waals surface area contributed by atoms with Gasteiger partial charge in [0.25, 0.3) is 5.91 Å². The van der Waals surface area contributed by atoms with Crippen molar-refractivity contribution in [2.45, 2.75) is 65.0 Å². The van der Waals surface area contributed by atoms with Crippen molar-refractivity contribution in [1.29, 1.82) is 0 Å². The molecule has 2 aromatic rings. The monoisotopic (exact) mass is 486 g/mol. The van der Waals surface area contributed by atoms with Gasteiger partial charge in [0, 0.05) is 17.8 Å². The molecule has 1 heterocycles. The van der Waals surface area contributed by atoms with Crippen LogP contribution in [-0.4, -0.2) is 33.8 Å². The molecule has 1 aliphatic heterocycles. The molecule has 36 heavy (non-hydrogen) atoms. The number of carboxylic acids is 1. The first kappa shape index (κ1) is 23.3. The molecule has 0 spiro atoms. The zero-order chi connectivity index (χ0) is 25.2. The van der Waals surface area contributed by atoms with E-state index >= 15 is 0 Å². The van der Waals surface area contributed by atoms with Crippen molar-refractivity contribution in [3.63, 3.8) is 0 Å². The second kappa shape index (κ2) is 8.46. The molecule has 4 saturated carbocycles. The number of carbonyl (C=O) groups is 3. The Morgan fingerprint density at radius 3 is 2.08 bits per heavy atom. The van der Waals surface area contributed by atoms with Gasteiger partial charge in [0.2, 0.25) is 5.91 Å². The van der Waals surface area contributed by atoms with Crippen molar-refractivity contribution < 1.29 is 19.5 Å². The van der Waals surface area contributed by atoms with E-state index in [1.54, 1.807) is 0 Å². The molecule has 6 nitrogen and oxygen atoms in total. The molecule has 0 unspecified atom stereocenters. The number of carboxylic acid groups (broad SMARTS) is 1. The van der Waals surface area contributed by atoms with Crippen LogP contribution in [0.25, 0.3) is 11.1 Å². The fraction of sp³-hybridized carbons (Fsp3) is 0.500. The second-order valence-corrected chi connectivity index (χ2v) is 12.1. The number of nitrogens with zero attached hydrogens (tertiary/aromatic N) is 1. The molecule has 2 N–H and O–H groups in total. The molecular weight excluding hydrogens is 452 g/mol. The third-order valence-electron chi connectivity index (χ3n) is 9.16. The summed E-state index contributed by atoms with van der Waals surface area (Å²) in [6.45, 7) is 3.97. The molecule has 6 heteroatoms. The third-order valence-corrected chi connectivity index (χ3v) is 9.16. The van der Waals surface area contributed by atoms with Crippen LogP contribution in [0.1, 0.15) is 68.3 Å². The molecular formula is C30H34N2O4. The summed E-state index contributed by atoms with van der Waals surface area (Å²) in [7, 11) is 0. The predicted octanol–water partition coefficient (Wildman–Crippen LogP) is 5.57. The van der Waals surface area contributed by atoms with Gasteiger partial charge in [-0.05, 0) is 97.1 Å². The number of hydrogen-bond acceptors (Lipinski definition) is 3. The lowest BCUT2D eigenvalue weighted by Gasteiger charge is -2.55. The highest BCUT2D eigenvalue weighted by molar-refractivity contribution is 6.01. The van der Waals surface area contributed by atoms with Crippen molar-refractivity contribution >= 4 is 23.5 Å². The lowest BCUT2D eigenvalue weighted by atomic mass is 9.49. The summed E-state index contributed by atoms with van der Waals surface area (Å²) in [5.41, 5.74) is 3.91. The SMILES string of the molecule is CC(C)[C@@H](C(=O)O)N1Cc2ccc(-c3ccc(NC(=O)C45CC6CC(CC(C6)C4)C5)cc3)cc2C1=O. The number of nitrogens with one attached hydrogen (secondary N) is 1. The number of aliphatic carboxylic acids is 1. The zero-order valence-electron chi connectivity index (χ0n) is 21.0. The lowest BCUT2D eigenvalue weighted by molar-refractivity contribution is -0.144. The first-order valence-corrected chi connectivity index (χ1v) is 13.3. The molecule has 7 rings (SSSR count). The Bertz CT molecular complexity index is 1200. The predicted molar refractivity (Wildman–Crippen MR) is 137 cm³/mol. The molecule has 0 saturated heterocycles. The Kier molecular flexibility index (Phi) is 5.47. The van der Waals surface area contributed by atoms with Gasteiger partial charge in [-0.25, -0.2) is 4.79 Å². The molecule has 5 aliphatic rings. The van der Waals surface area contributed by atoms with Gasteiger partial charge >= 0.3 is 5.97 Å². The van der Waals surface area contributed by atoms with Crippen LogP contribution in [-0.2, 0) is 16.1 Å². The smallest absolute Gasteiger partial charge is 0.326 e. The summed E-state index contributed by atoms with van der Waals surface area (Å²) in [4.78, 5) is 39.7. The highest BCUT2D eigenvalue weighted by atomic mass is 16.4. The molecule has 0 aromatic heterocycles. The van der Waals surface area contributed by atoms with Gasteiger partial charge in [-0.2, -0.15) is 0 Å². The van der Waals surface area contributed by atoms with Crippen molar-refractivity contribution in [2.75, 3.05) is 5.32 Å². The number of hydrogen-bond donors (Lipinski definition) is 2. The lowest BCUT2D eigenvalue weighted by Crippen LogP contribution is -2.51. The van der Waals surface area contributed by atoms with Crippen LogP contribution in [0.15, 0.2) is 42.5 Å². The van der Waals surface area contributed by atoms with Crippen LogP contribution in [0.3, 0.4) is 0 Å². The highest BCUT2D eigenvalue weighted by Crippen LogP contribution is 2.60. The van der Waals surface area contributed by atoms with Gasteiger partial charge in [-0.3, -0.25) is 9.59 Å². The number of anilines is 1. The fourth-order valence-electron chi connectivity index (χ4n) is 7.90. The second-order valence-electron chi connectivity index (χ2n) is 12.1. The van der Waals surface area contributed by atoms with E-state index in [9.17, 15) is 19.5 Å². The van der Waals surface area contributed by atoms with E-state index in [0.29, 0.717) is 12.1 Å². The summed E-state index contributed by atoms with van der Waals surface area (Å²) < 4.78 is 0. The highest BCUT2D eigenvalue weighted by Gasteiger charge is 2.54. The molecule has 2 aromatic carbocycles. The average molecular weight is 487 g/mol. The van der Waals surface area contributed by atoms with Gasteiger partial charge in [0.15, 0.2) is 0 Å². The minimum atomic E-state index is -0.974. The van der Waals surface area contributed by atoms with Gasteiger partial charge < -0.3 is 15.3 Å². The van der Waals surface area contributed by atoms with Crippen molar-refractivity contribution in [2.24, 2.45) is 29.1 Å². The summed E-state index contributed by atoms with van der Waals surface area (Å²) >= 11 is 0. The van der Waals surface area contributed by atoms with Gasteiger partial charge in [0.05, 0.1) is 5.41 Å². The van der Waals surface area contributed by atoms with E-state index in [1.165, 1.54) is 24.2 Å². The topological polar surface area (TPSA) is 86.7 Å². The Balaban J connectivity index is 1.17. The molecule has 1 atom stereocenters. The van der Waals surface area contributed by atoms with E-state index in [1.807, 2.05) is 56.3 Å². The van der Waals surface area contributed by atoms with Gasteiger partial charge in [0.1, 0.15) is 6.04 Å². The molecule has 0 radical (unpaired) electrons. The summed E-state index contributed by atoms with van der Waals surface area (Å²) in [6.07, 6.45) is 7.08.